The van der Waals surface area contributed by atoms with Crippen LogP contribution >= 0.6 is 11.6 Å². The van der Waals surface area contributed by atoms with Gasteiger partial charge in [-0.15, -0.1) is 0 Å². The molecular formula is C12H13ClO4. The van der Waals surface area contributed by atoms with Crippen molar-refractivity contribution in [1.29, 1.82) is 0 Å². The highest BCUT2D eigenvalue weighted by molar-refractivity contribution is 6.30. The van der Waals surface area contributed by atoms with E-state index >= 15 is 0 Å². The van der Waals surface area contributed by atoms with Crippen molar-refractivity contribution in [2.45, 2.75) is 18.8 Å². The van der Waals surface area contributed by atoms with Crippen molar-refractivity contribution in [3.05, 3.63) is 34.9 Å². The van der Waals surface area contributed by atoms with Crippen LogP contribution in [0.25, 0.3) is 0 Å². The van der Waals surface area contributed by atoms with Crippen molar-refractivity contribution in [3.63, 3.8) is 0 Å². The van der Waals surface area contributed by atoms with Gasteiger partial charge in [-0.2, -0.15) is 0 Å². The molecule has 0 heterocycles. The van der Waals surface area contributed by atoms with E-state index in [1.807, 2.05) is 0 Å². The number of carboxylic acids is 1. The van der Waals surface area contributed by atoms with Crippen molar-refractivity contribution >= 4 is 23.5 Å². The Morgan fingerprint density at radius 1 is 1.29 bits per heavy atom. The van der Waals surface area contributed by atoms with Crippen LogP contribution in [-0.2, 0) is 14.3 Å². The van der Waals surface area contributed by atoms with Crippen LogP contribution in [0.5, 0.6) is 0 Å². The van der Waals surface area contributed by atoms with E-state index in [0.717, 1.165) is 5.56 Å². The van der Waals surface area contributed by atoms with Gasteiger partial charge in [0.2, 0.25) is 0 Å². The Hall–Kier alpha value is -1.55. The summed E-state index contributed by atoms with van der Waals surface area (Å²) in [5.74, 6) is -1.77. The maximum absolute atomic E-state index is 11.2. The van der Waals surface area contributed by atoms with Gasteiger partial charge in [0.15, 0.2) is 0 Å². The summed E-state index contributed by atoms with van der Waals surface area (Å²) in [6.07, 6.45) is -0.0683. The fraction of sp³-hybridized carbons (Fsp3) is 0.333. The molecular weight excluding hydrogens is 244 g/mol. The zero-order valence-electron chi connectivity index (χ0n) is 9.35. The third-order valence-corrected chi connectivity index (χ3v) is 2.66. The van der Waals surface area contributed by atoms with E-state index in [9.17, 15) is 9.59 Å². The van der Waals surface area contributed by atoms with Crippen LogP contribution in [0.2, 0.25) is 5.02 Å². The van der Waals surface area contributed by atoms with Crippen LogP contribution in [0, 0.1) is 0 Å². The van der Waals surface area contributed by atoms with Gasteiger partial charge in [0.05, 0.1) is 20.0 Å². The number of rotatable bonds is 5. The lowest BCUT2D eigenvalue weighted by Crippen LogP contribution is -2.12. The monoisotopic (exact) mass is 256 g/mol. The summed E-state index contributed by atoms with van der Waals surface area (Å²) in [5, 5.41) is 9.38. The molecule has 0 saturated heterocycles. The molecule has 1 atom stereocenters. The second-order valence-corrected chi connectivity index (χ2v) is 4.06. The van der Waals surface area contributed by atoms with Gasteiger partial charge in [-0.3, -0.25) is 9.59 Å². The number of carbonyl (C=O) groups is 2. The summed E-state index contributed by atoms with van der Waals surface area (Å²) in [6, 6.07) is 6.78. The number of carbonyl (C=O) groups excluding carboxylic acids is 1. The molecule has 1 rings (SSSR count). The summed E-state index contributed by atoms with van der Waals surface area (Å²) >= 11 is 5.75. The van der Waals surface area contributed by atoms with Gasteiger partial charge in [-0.25, -0.2) is 0 Å². The van der Waals surface area contributed by atoms with E-state index in [0.29, 0.717) is 5.02 Å². The van der Waals surface area contributed by atoms with Gasteiger partial charge in [0.25, 0.3) is 0 Å². The fourth-order valence-electron chi connectivity index (χ4n) is 1.54. The van der Waals surface area contributed by atoms with E-state index in [-0.39, 0.29) is 12.8 Å². The van der Waals surface area contributed by atoms with Gasteiger partial charge in [-0.1, -0.05) is 23.7 Å². The molecule has 0 aliphatic carbocycles. The molecule has 0 radical (unpaired) electrons. The fourth-order valence-corrected chi connectivity index (χ4v) is 1.66. The lowest BCUT2D eigenvalue weighted by molar-refractivity contribution is -0.141. The molecule has 1 aromatic rings. The minimum Gasteiger partial charge on any atom is -0.481 e. The number of methoxy groups -OCH3 is 1. The van der Waals surface area contributed by atoms with Crippen LogP contribution in [-0.4, -0.2) is 24.2 Å². The van der Waals surface area contributed by atoms with Gasteiger partial charge >= 0.3 is 11.9 Å². The number of esters is 1. The molecule has 0 fully saturated rings. The van der Waals surface area contributed by atoms with Gasteiger partial charge < -0.3 is 9.84 Å². The molecule has 0 amide bonds. The Balaban J connectivity index is 2.85. The van der Waals surface area contributed by atoms with E-state index < -0.39 is 17.9 Å². The standard InChI is InChI=1S/C12H13ClO4/c1-17-12(16)7-9(6-11(14)15)8-2-4-10(13)5-3-8/h2-5,9H,6-7H2,1H3,(H,14,15)/t9-/m1/s1. The highest BCUT2D eigenvalue weighted by Gasteiger charge is 2.19. The number of halogens is 1. The van der Waals surface area contributed by atoms with Gasteiger partial charge in [0.1, 0.15) is 0 Å². The van der Waals surface area contributed by atoms with Crippen LogP contribution in [0.1, 0.15) is 24.3 Å². The Bertz CT molecular complexity index is 399. The Labute approximate surface area is 104 Å². The maximum Gasteiger partial charge on any atom is 0.306 e. The second kappa shape index (κ2) is 6.25. The molecule has 0 aliphatic heterocycles. The van der Waals surface area contributed by atoms with Crippen molar-refractivity contribution in [1.82, 2.24) is 0 Å². The first-order valence-corrected chi connectivity index (χ1v) is 5.44. The van der Waals surface area contributed by atoms with Crippen LogP contribution in [0.4, 0.5) is 0 Å². The first-order valence-electron chi connectivity index (χ1n) is 5.07. The van der Waals surface area contributed by atoms with Crippen LogP contribution in [0.3, 0.4) is 0 Å². The minimum atomic E-state index is -0.950. The normalized spacial score (nSPS) is 11.9. The zero-order valence-corrected chi connectivity index (χ0v) is 10.1. The summed E-state index contributed by atoms with van der Waals surface area (Å²) in [5.41, 5.74) is 0.766. The highest BCUT2D eigenvalue weighted by Crippen LogP contribution is 2.25. The summed E-state index contributed by atoms with van der Waals surface area (Å²) in [6.45, 7) is 0. The average Bonchev–Trinajstić information content (AvgIpc) is 2.28. The van der Waals surface area contributed by atoms with Crippen molar-refractivity contribution < 1.29 is 19.4 Å². The molecule has 1 aromatic carbocycles. The number of aliphatic carboxylic acids is 1. The summed E-state index contributed by atoms with van der Waals surface area (Å²) in [7, 11) is 1.28. The molecule has 0 unspecified atom stereocenters. The van der Waals surface area contributed by atoms with Crippen molar-refractivity contribution in [2.24, 2.45) is 0 Å². The van der Waals surface area contributed by atoms with Crippen molar-refractivity contribution in [2.75, 3.05) is 7.11 Å². The first kappa shape index (κ1) is 13.5. The second-order valence-electron chi connectivity index (χ2n) is 3.63. The predicted octanol–water partition coefficient (Wildman–Crippen LogP) is 2.46. The third-order valence-electron chi connectivity index (χ3n) is 2.40. The minimum absolute atomic E-state index is 0.0461. The van der Waals surface area contributed by atoms with E-state index in [1.54, 1.807) is 24.3 Å². The molecule has 5 heteroatoms. The molecule has 0 aromatic heterocycles. The third kappa shape index (κ3) is 4.44. The Morgan fingerprint density at radius 2 is 1.88 bits per heavy atom. The quantitative estimate of drug-likeness (QED) is 0.822. The molecule has 1 N–H and O–H groups in total. The first-order chi connectivity index (χ1) is 8.02. The smallest absolute Gasteiger partial charge is 0.306 e. The number of hydrogen-bond donors (Lipinski definition) is 1. The molecule has 0 aliphatic rings. The Kier molecular flexibility index (Phi) is 4.97. The molecule has 92 valence electrons. The maximum atomic E-state index is 11.2. The number of benzene rings is 1. The van der Waals surface area contributed by atoms with Gasteiger partial charge in [-0.05, 0) is 17.7 Å². The average molecular weight is 257 g/mol. The molecule has 0 spiro atoms. The molecule has 0 bridgehead atoms. The van der Waals surface area contributed by atoms with E-state index in [2.05, 4.69) is 4.74 Å². The Morgan fingerprint density at radius 3 is 2.35 bits per heavy atom. The topological polar surface area (TPSA) is 63.6 Å². The lowest BCUT2D eigenvalue weighted by Gasteiger charge is -2.13. The van der Waals surface area contributed by atoms with Gasteiger partial charge in [0, 0.05) is 10.9 Å². The molecule has 4 nitrogen and oxygen atoms in total. The largest absolute Gasteiger partial charge is 0.481 e. The molecule has 0 saturated carbocycles. The predicted molar refractivity (Wildman–Crippen MR) is 63.1 cm³/mol. The molecule has 17 heavy (non-hydrogen) atoms. The number of hydrogen-bond acceptors (Lipinski definition) is 3. The van der Waals surface area contributed by atoms with Crippen LogP contribution in [0.15, 0.2) is 24.3 Å². The lowest BCUT2D eigenvalue weighted by atomic mass is 9.92. The zero-order chi connectivity index (χ0) is 12.8. The highest BCUT2D eigenvalue weighted by atomic mass is 35.5. The SMILES string of the molecule is COC(=O)C[C@@H](CC(=O)O)c1ccc(Cl)cc1. The van der Waals surface area contributed by atoms with E-state index in [1.165, 1.54) is 7.11 Å². The van der Waals surface area contributed by atoms with Crippen LogP contribution < -0.4 is 0 Å². The number of carboxylic acid groups (broad SMARTS) is 1. The summed E-state index contributed by atoms with van der Waals surface area (Å²) in [4.78, 5) is 21.9. The van der Waals surface area contributed by atoms with E-state index in [4.69, 9.17) is 16.7 Å². The number of ether oxygens (including phenoxy) is 1. The summed E-state index contributed by atoms with van der Waals surface area (Å²) < 4.78 is 4.55. The van der Waals surface area contributed by atoms with Crippen molar-refractivity contribution in [3.8, 4) is 0 Å².